The van der Waals surface area contributed by atoms with Crippen molar-refractivity contribution in [3.8, 4) is 0 Å². The third-order valence-corrected chi connectivity index (χ3v) is 2.61. The molecule has 1 saturated carbocycles. The van der Waals surface area contributed by atoms with Crippen LogP contribution in [-0.2, 0) is 0 Å². The SMILES string of the molecule is CC(C)(C)NCC1CCCC1N. The lowest BCUT2D eigenvalue weighted by Gasteiger charge is -2.24. The molecule has 12 heavy (non-hydrogen) atoms. The second-order valence-corrected chi connectivity index (χ2v) is 4.99. The van der Waals surface area contributed by atoms with Crippen LogP contribution in [0.2, 0.25) is 0 Å². The summed E-state index contributed by atoms with van der Waals surface area (Å²) in [4.78, 5) is 0. The zero-order chi connectivity index (χ0) is 9.19. The summed E-state index contributed by atoms with van der Waals surface area (Å²) in [6.45, 7) is 7.69. The Balaban J connectivity index is 2.23. The molecule has 0 saturated heterocycles. The Hall–Kier alpha value is -0.0800. The Kier molecular flexibility index (Phi) is 3.13. The minimum atomic E-state index is 0.238. The summed E-state index contributed by atoms with van der Waals surface area (Å²) in [6.07, 6.45) is 3.85. The van der Waals surface area contributed by atoms with Gasteiger partial charge in [0.25, 0.3) is 0 Å². The largest absolute Gasteiger partial charge is 0.327 e. The van der Waals surface area contributed by atoms with Gasteiger partial charge < -0.3 is 11.1 Å². The Bertz CT molecular complexity index is 137. The van der Waals surface area contributed by atoms with Crippen LogP contribution in [0.15, 0.2) is 0 Å². The summed E-state index contributed by atoms with van der Waals surface area (Å²) >= 11 is 0. The molecule has 0 aromatic rings. The van der Waals surface area contributed by atoms with Crippen molar-refractivity contribution in [1.29, 1.82) is 0 Å². The molecule has 0 bridgehead atoms. The summed E-state index contributed by atoms with van der Waals surface area (Å²) in [5.74, 6) is 0.712. The number of hydrogen-bond acceptors (Lipinski definition) is 2. The van der Waals surface area contributed by atoms with Crippen LogP contribution >= 0.6 is 0 Å². The molecule has 2 nitrogen and oxygen atoms in total. The third-order valence-electron chi connectivity index (χ3n) is 2.61. The van der Waals surface area contributed by atoms with E-state index in [1.807, 2.05) is 0 Å². The van der Waals surface area contributed by atoms with E-state index < -0.39 is 0 Å². The van der Waals surface area contributed by atoms with Crippen LogP contribution in [0.5, 0.6) is 0 Å². The highest BCUT2D eigenvalue weighted by atomic mass is 15.0. The van der Waals surface area contributed by atoms with Crippen molar-refractivity contribution < 1.29 is 0 Å². The van der Waals surface area contributed by atoms with Gasteiger partial charge in [0.1, 0.15) is 0 Å². The van der Waals surface area contributed by atoms with Gasteiger partial charge in [-0.3, -0.25) is 0 Å². The van der Waals surface area contributed by atoms with Crippen molar-refractivity contribution in [2.24, 2.45) is 11.7 Å². The molecule has 0 amide bonds. The van der Waals surface area contributed by atoms with Gasteiger partial charge in [-0.05, 0) is 46.1 Å². The number of hydrogen-bond donors (Lipinski definition) is 2. The molecule has 0 aromatic carbocycles. The van der Waals surface area contributed by atoms with Crippen LogP contribution in [0.4, 0.5) is 0 Å². The topological polar surface area (TPSA) is 38.0 Å². The Morgan fingerprint density at radius 1 is 1.33 bits per heavy atom. The fraction of sp³-hybridized carbons (Fsp3) is 1.00. The number of nitrogens with two attached hydrogens (primary N) is 1. The first-order valence-corrected chi connectivity index (χ1v) is 4.99. The van der Waals surface area contributed by atoms with Crippen molar-refractivity contribution in [2.45, 2.75) is 51.6 Å². The summed E-state index contributed by atoms with van der Waals surface area (Å²) in [7, 11) is 0. The molecule has 2 heteroatoms. The van der Waals surface area contributed by atoms with Gasteiger partial charge in [0.05, 0.1) is 0 Å². The standard InChI is InChI=1S/C10H22N2/c1-10(2,3)12-7-8-5-4-6-9(8)11/h8-9,12H,4-7,11H2,1-3H3. The zero-order valence-corrected chi connectivity index (χ0v) is 8.56. The van der Waals surface area contributed by atoms with E-state index >= 15 is 0 Å². The summed E-state index contributed by atoms with van der Waals surface area (Å²) in [5, 5.41) is 3.51. The second kappa shape index (κ2) is 3.75. The minimum absolute atomic E-state index is 0.238. The molecular formula is C10H22N2. The molecule has 0 aliphatic heterocycles. The fourth-order valence-corrected chi connectivity index (χ4v) is 1.76. The van der Waals surface area contributed by atoms with Gasteiger partial charge in [0, 0.05) is 11.6 Å². The highest BCUT2D eigenvalue weighted by Gasteiger charge is 2.24. The van der Waals surface area contributed by atoms with Crippen molar-refractivity contribution in [3.63, 3.8) is 0 Å². The Morgan fingerprint density at radius 2 is 2.00 bits per heavy atom. The van der Waals surface area contributed by atoms with Gasteiger partial charge in [-0.1, -0.05) is 6.42 Å². The molecule has 0 spiro atoms. The lowest BCUT2D eigenvalue weighted by atomic mass is 10.0. The van der Waals surface area contributed by atoms with Crippen molar-refractivity contribution in [2.75, 3.05) is 6.54 Å². The molecule has 0 radical (unpaired) electrons. The lowest BCUT2D eigenvalue weighted by Crippen LogP contribution is -2.42. The first-order chi connectivity index (χ1) is 5.49. The smallest absolute Gasteiger partial charge is 0.00966 e. The van der Waals surface area contributed by atoms with Gasteiger partial charge in [-0.2, -0.15) is 0 Å². The molecule has 0 heterocycles. The third kappa shape index (κ3) is 3.11. The minimum Gasteiger partial charge on any atom is -0.327 e. The van der Waals surface area contributed by atoms with Gasteiger partial charge in [0.2, 0.25) is 0 Å². The molecule has 0 aromatic heterocycles. The average molecular weight is 170 g/mol. The molecule has 1 fully saturated rings. The second-order valence-electron chi connectivity index (χ2n) is 4.99. The molecule has 3 N–H and O–H groups in total. The lowest BCUT2D eigenvalue weighted by molar-refractivity contribution is 0.356. The van der Waals surface area contributed by atoms with Crippen LogP contribution in [0.25, 0.3) is 0 Å². The van der Waals surface area contributed by atoms with Gasteiger partial charge in [0.15, 0.2) is 0 Å². The van der Waals surface area contributed by atoms with Gasteiger partial charge in [-0.15, -0.1) is 0 Å². The fourth-order valence-electron chi connectivity index (χ4n) is 1.76. The predicted octanol–water partition coefficient (Wildman–Crippen LogP) is 1.50. The van der Waals surface area contributed by atoms with Crippen molar-refractivity contribution >= 4 is 0 Å². The van der Waals surface area contributed by atoms with E-state index in [2.05, 4.69) is 26.1 Å². The molecule has 2 unspecified atom stereocenters. The maximum atomic E-state index is 5.97. The van der Waals surface area contributed by atoms with E-state index in [1.165, 1.54) is 19.3 Å². The zero-order valence-electron chi connectivity index (χ0n) is 8.56. The highest BCUT2D eigenvalue weighted by molar-refractivity contribution is 4.83. The maximum Gasteiger partial charge on any atom is 0.00966 e. The monoisotopic (exact) mass is 170 g/mol. The van der Waals surface area contributed by atoms with Crippen LogP contribution in [0.1, 0.15) is 40.0 Å². The quantitative estimate of drug-likeness (QED) is 0.659. The molecule has 1 aliphatic carbocycles. The summed E-state index contributed by atoms with van der Waals surface area (Å²) in [6, 6.07) is 0.444. The van der Waals surface area contributed by atoms with Gasteiger partial charge in [-0.25, -0.2) is 0 Å². The van der Waals surface area contributed by atoms with E-state index in [0.717, 1.165) is 6.54 Å². The molecule has 72 valence electrons. The molecular weight excluding hydrogens is 148 g/mol. The average Bonchev–Trinajstić information content (AvgIpc) is 2.29. The Labute approximate surface area is 75.9 Å². The van der Waals surface area contributed by atoms with Crippen LogP contribution in [0, 0.1) is 5.92 Å². The van der Waals surface area contributed by atoms with E-state index in [4.69, 9.17) is 5.73 Å². The summed E-state index contributed by atoms with van der Waals surface area (Å²) < 4.78 is 0. The van der Waals surface area contributed by atoms with Gasteiger partial charge >= 0.3 is 0 Å². The first-order valence-electron chi connectivity index (χ1n) is 4.99. The highest BCUT2D eigenvalue weighted by Crippen LogP contribution is 2.23. The van der Waals surface area contributed by atoms with Crippen LogP contribution in [0.3, 0.4) is 0 Å². The number of nitrogens with one attached hydrogen (secondary N) is 1. The Morgan fingerprint density at radius 3 is 2.42 bits per heavy atom. The summed E-state index contributed by atoms with van der Waals surface area (Å²) in [5.41, 5.74) is 6.21. The van der Waals surface area contributed by atoms with Crippen LogP contribution < -0.4 is 11.1 Å². The van der Waals surface area contributed by atoms with Crippen molar-refractivity contribution in [3.05, 3.63) is 0 Å². The first kappa shape index (κ1) is 10.0. The molecule has 1 aliphatic rings. The predicted molar refractivity (Wildman–Crippen MR) is 53.1 cm³/mol. The van der Waals surface area contributed by atoms with E-state index in [0.29, 0.717) is 12.0 Å². The number of rotatable bonds is 2. The maximum absolute atomic E-state index is 5.97. The van der Waals surface area contributed by atoms with E-state index in [1.54, 1.807) is 0 Å². The van der Waals surface area contributed by atoms with E-state index in [-0.39, 0.29) is 5.54 Å². The normalized spacial score (nSPS) is 31.0. The van der Waals surface area contributed by atoms with Crippen LogP contribution in [-0.4, -0.2) is 18.1 Å². The van der Waals surface area contributed by atoms with E-state index in [9.17, 15) is 0 Å². The molecule has 2 atom stereocenters. The van der Waals surface area contributed by atoms with Crippen molar-refractivity contribution in [1.82, 2.24) is 5.32 Å². The molecule has 1 rings (SSSR count).